The molecule has 0 heterocycles. The Kier molecular flexibility index (Phi) is 6.51. The predicted octanol–water partition coefficient (Wildman–Crippen LogP) is 1.02. The zero-order valence-electron chi connectivity index (χ0n) is 11.6. The fourth-order valence-corrected chi connectivity index (χ4v) is 1.42. The number of halogens is 3. The van der Waals surface area contributed by atoms with E-state index in [2.05, 4.69) is 15.4 Å². The van der Waals surface area contributed by atoms with Crippen LogP contribution in [0.5, 0.6) is 0 Å². The standard InChI is InChI=1S/C13H13F3N2O5/c14-13(15,16)7-23-6-10(19)18-9-3-1-8(2-4-9)12(22)17-5-11(20)21/h1-4H,5-7H2,(H,17,22)(H,18,19)(H,20,21). The molecule has 1 rings (SSSR count). The maximum Gasteiger partial charge on any atom is 0.411 e. The number of carbonyl (C=O) groups is 3. The van der Waals surface area contributed by atoms with E-state index in [0.717, 1.165) is 0 Å². The summed E-state index contributed by atoms with van der Waals surface area (Å²) in [5.74, 6) is -2.59. The van der Waals surface area contributed by atoms with E-state index in [0.29, 0.717) is 0 Å². The van der Waals surface area contributed by atoms with Gasteiger partial charge in [-0.1, -0.05) is 0 Å². The van der Waals surface area contributed by atoms with Gasteiger partial charge in [0.25, 0.3) is 5.91 Å². The molecule has 1 aromatic rings. The van der Waals surface area contributed by atoms with Gasteiger partial charge >= 0.3 is 12.1 Å². The number of aliphatic carboxylic acids is 1. The summed E-state index contributed by atoms with van der Waals surface area (Å²) in [4.78, 5) is 33.2. The number of amides is 2. The molecule has 2 amide bonds. The highest BCUT2D eigenvalue weighted by Gasteiger charge is 2.27. The van der Waals surface area contributed by atoms with Crippen LogP contribution in [0.3, 0.4) is 0 Å². The van der Waals surface area contributed by atoms with E-state index in [4.69, 9.17) is 5.11 Å². The number of anilines is 1. The molecule has 10 heteroatoms. The molecular weight excluding hydrogens is 321 g/mol. The van der Waals surface area contributed by atoms with E-state index in [1.54, 1.807) is 0 Å². The van der Waals surface area contributed by atoms with Gasteiger partial charge in [0.15, 0.2) is 0 Å². The number of hydrogen-bond donors (Lipinski definition) is 3. The molecule has 1 aromatic carbocycles. The zero-order valence-corrected chi connectivity index (χ0v) is 11.6. The summed E-state index contributed by atoms with van der Waals surface area (Å²) in [5, 5.41) is 12.9. The van der Waals surface area contributed by atoms with Crippen molar-refractivity contribution in [1.29, 1.82) is 0 Å². The van der Waals surface area contributed by atoms with Gasteiger partial charge in [-0.2, -0.15) is 13.2 Å². The minimum atomic E-state index is -4.51. The van der Waals surface area contributed by atoms with Crippen molar-refractivity contribution < 1.29 is 37.4 Å². The van der Waals surface area contributed by atoms with Crippen LogP contribution in [0.1, 0.15) is 10.4 Å². The van der Waals surface area contributed by atoms with E-state index in [1.165, 1.54) is 24.3 Å². The van der Waals surface area contributed by atoms with Crippen molar-refractivity contribution in [2.24, 2.45) is 0 Å². The van der Waals surface area contributed by atoms with E-state index in [9.17, 15) is 27.6 Å². The van der Waals surface area contributed by atoms with Crippen LogP contribution in [0.2, 0.25) is 0 Å². The molecular formula is C13H13F3N2O5. The van der Waals surface area contributed by atoms with Crippen molar-refractivity contribution in [3.63, 3.8) is 0 Å². The number of ether oxygens (including phenoxy) is 1. The lowest BCUT2D eigenvalue weighted by Crippen LogP contribution is -2.29. The van der Waals surface area contributed by atoms with E-state index >= 15 is 0 Å². The number of rotatable bonds is 7. The van der Waals surface area contributed by atoms with Crippen LogP contribution in [0.25, 0.3) is 0 Å². The Bertz CT molecular complexity index is 572. The summed E-state index contributed by atoms with van der Waals surface area (Å²) in [6.07, 6.45) is -4.51. The van der Waals surface area contributed by atoms with Crippen molar-refractivity contribution in [2.45, 2.75) is 6.18 Å². The second kappa shape index (κ2) is 8.13. The number of carboxylic acids is 1. The quantitative estimate of drug-likeness (QED) is 0.690. The SMILES string of the molecule is O=C(O)CNC(=O)c1ccc(NC(=O)COCC(F)(F)F)cc1. The molecule has 23 heavy (non-hydrogen) atoms. The first-order chi connectivity index (χ1) is 10.7. The van der Waals surface area contributed by atoms with Gasteiger partial charge in [-0.3, -0.25) is 14.4 Å². The van der Waals surface area contributed by atoms with E-state index in [1.807, 2.05) is 0 Å². The van der Waals surface area contributed by atoms with Crippen LogP contribution >= 0.6 is 0 Å². The normalized spacial score (nSPS) is 10.9. The summed E-state index contributed by atoms with van der Waals surface area (Å²) < 4.78 is 39.7. The van der Waals surface area contributed by atoms with Crippen molar-refractivity contribution in [3.05, 3.63) is 29.8 Å². The number of benzene rings is 1. The molecule has 0 saturated carbocycles. The molecule has 3 N–H and O–H groups in total. The molecule has 0 spiro atoms. The predicted molar refractivity (Wildman–Crippen MR) is 71.9 cm³/mol. The van der Waals surface area contributed by atoms with Gasteiger partial charge in [-0.25, -0.2) is 0 Å². The molecule has 0 unspecified atom stereocenters. The summed E-state index contributed by atoms with van der Waals surface area (Å²) in [6, 6.07) is 5.33. The van der Waals surface area contributed by atoms with Crippen LogP contribution in [-0.4, -0.2) is 48.8 Å². The molecule has 126 valence electrons. The number of nitrogens with one attached hydrogen (secondary N) is 2. The number of carboxylic acid groups (broad SMARTS) is 1. The van der Waals surface area contributed by atoms with Gasteiger partial charge in [-0.15, -0.1) is 0 Å². The van der Waals surface area contributed by atoms with E-state index < -0.39 is 43.7 Å². The fourth-order valence-electron chi connectivity index (χ4n) is 1.42. The Balaban J connectivity index is 2.45. The number of alkyl halides is 3. The Labute approximate surface area is 128 Å². The largest absolute Gasteiger partial charge is 0.480 e. The summed E-state index contributed by atoms with van der Waals surface area (Å²) in [7, 11) is 0. The first kappa shape index (κ1) is 18.4. The van der Waals surface area contributed by atoms with Crippen LogP contribution in [-0.2, 0) is 14.3 Å². The highest BCUT2D eigenvalue weighted by atomic mass is 19.4. The van der Waals surface area contributed by atoms with Crippen molar-refractivity contribution in [2.75, 3.05) is 25.1 Å². The second-order valence-corrected chi connectivity index (χ2v) is 4.31. The Morgan fingerprint density at radius 2 is 1.74 bits per heavy atom. The minimum Gasteiger partial charge on any atom is -0.480 e. The molecule has 0 radical (unpaired) electrons. The Hall–Kier alpha value is -2.62. The van der Waals surface area contributed by atoms with Crippen LogP contribution in [0.15, 0.2) is 24.3 Å². The van der Waals surface area contributed by atoms with Gasteiger partial charge in [0, 0.05) is 11.3 Å². The molecule has 0 atom stereocenters. The lowest BCUT2D eigenvalue weighted by Gasteiger charge is -2.09. The zero-order chi connectivity index (χ0) is 17.5. The lowest BCUT2D eigenvalue weighted by atomic mass is 10.2. The third kappa shape index (κ3) is 7.81. The summed E-state index contributed by atoms with van der Waals surface area (Å²) >= 11 is 0. The number of carbonyl (C=O) groups excluding carboxylic acids is 2. The van der Waals surface area contributed by atoms with Gasteiger partial charge in [-0.05, 0) is 24.3 Å². The van der Waals surface area contributed by atoms with Gasteiger partial charge in [0.2, 0.25) is 5.91 Å². The highest BCUT2D eigenvalue weighted by Crippen LogP contribution is 2.14. The van der Waals surface area contributed by atoms with Crippen molar-refractivity contribution in [3.8, 4) is 0 Å². The molecule has 0 aliphatic carbocycles. The average molecular weight is 334 g/mol. The van der Waals surface area contributed by atoms with Crippen molar-refractivity contribution >= 4 is 23.5 Å². The molecule has 0 aromatic heterocycles. The van der Waals surface area contributed by atoms with Gasteiger partial charge < -0.3 is 20.5 Å². The molecule has 0 saturated heterocycles. The third-order valence-corrected chi connectivity index (χ3v) is 2.33. The van der Waals surface area contributed by atoms with Gasteiger partial charge in [0.1, 0.15) is 19.8 Å². The monoisotopic (exact) mass is 334 g/mol. The molecule has 7 nitrogen and oxygen atoms in total. The van der Waals surface area contributed by atoms with E-state index in [-0.39, 0.29) is 11.3 Å². The third-order valence-electron chi connectivity index (χ3n) is 2.33. The number of hydrogen-bond acceptors (Lipinski definition) is 4. The van der Waals surface area contributed by atoms with Gasteiger partial charge in [0.05, 0.1) is 0 Å². The minimum absolute atomic E-state index is 0.164. The first-order valence-corrected chi connectivity index (χ1v) is 6.22. The average Bonchev–Trinajstić information content (AvgIpc) is 2.44. The Morgan fingerprint density at radius 3 is 2.26 bits per heavy atom. The highest BCUT2D eigenvalue weighted by molar-refractivity contribution is 5.97. The Morgan fingerprint density at radius 1 is 1.13 bits per heavy atom. The second-order valence-electron chi connectivity index (χ2n) is 4.31. The summed E-state index contributed by atoms with van der Waals surface area (Å²) in [6.45, 7) is -2.82. The van der Waals surface area contributed by atoms with Crippen LogP contribution < -0.4 is 10.6 Å². The lowest BCUT2D eigenvalue weighted by molar-refractivity contribution is -0.174. The van der Waals surface area contributed by atoms with Crippen LogP contribution in [0, 0.1) is 0 Å². The van der Waals surface area contributed by atoms with Crippen LogP contribution in [0.4, 0.5) is 18.9 Å². The molecule has 0 aliphatic rings. The molecule has 0 bridgehead atoms. The molecule has 0 fully saturated rings. The topological polar surface area (TPSA) is 105 Å². The summed E-state index contributed by atoms with van der Waals surface area (Å²) in [5.41, 5.74) is 0.415. The fraction of sp³-hybridized carbons (Fsp3) is 0.308. The molecule has 0 aliphatic heterocycles. The van der Waals surface area contributed by atoms with Crippen molar-refractivity contribution in [1.82, 2.24) is 5.32 Å². The first-order valence-electron chi connectivity index (χ1n) is 6.22. The maximum atomic E-state index is 11.8. The maximum absolute atomic E-state index is 11.8. The smallest absolute Gasteiger partial charge is 0.411 e.